The molecule has 0 fully saturated rings. The summed E-state index contributed by atoms with van der Waals surface area (Å²) in [5.41, 5.74) is 0.758. The van der Waals surface area contributed by atoms with E-state index in [1.807, 2.05) is 0 Å². The summed E-state index contributed by atoms with van der Waals surface area (Å²) in [5.74, 6) is -1.61. The van der Waals surface area contributed by atoms with Gasteiger partial charge in [-0.15, -0.1) is 0 Å². The monoisotopic (exact) mass is 526 g/mol. The molecule has 3 atom stereocenters. The van der Waals surface area contributed by atoms with Crippen LogP contribution in [0.5, 0.6) is 0 Å². The summed E-state index contributed by atoms with van der Waals surface area (Å²) in [7, 11) is -9.01. The van der Waals surface area contributed by atoms with Gasteiger partial charge in [0.25, 0.3) is 0 Å². The first-order chi connectivity index (χ1) is 14.6. The minimum absolute atomic E-state index is 0.0228. The Kier molecular flexibility index (Phi) is 9.70. The second-order valence-corrected chi connectivity index (χ2v) is 11.4. The molecule has 3 N–H and O–H groups in total. The predicted octanol–water partition coefficient (Wildman–Crippen LogP) is 5.06. The van der Waals surface area contributed by atoms with E-state index in [-0.39, 0.29) is 26.5 Å². The number of aryl methyl sites for hydroxylation is 1. The number of hydrogen-bond acceptors (Lipinski definition) is 7. The van der Waals surface area contributed by atoms with E-state index in [9.17, 15) is 22.7 Å². The molecule has 0 saturated heterocycles. The van der Waals surface area contributed by atoms with Crippen LogP contribution in [0.1, 0.15) is 17.5 Å². The third kappa shape index (κ3) is 7.12. The van der Waals surface area contributed by atoms with Gasteiger partial charge in [-0.25, -0.2) is 13.7 Å². The average Bonchev–Trinajstić information content (AvgIpc) is 2.73. The highest BCUT2D eigenvalue weighted by Gasteiger charge is 2.23. The number of benzene rings is 2. The van der Waals surface area contributed by atoms with Crippen molar-refractivity contribution in [1.29, 1.82) is 0 Å². The summed E-state index contributed by atoms with van der Waals surface area (Å²) < 4.78 is 52.0. The molecule has 0 aliphatic carbocycles. The van der Waals surface area contributed by atoms with Crippen molar-refractivity contribution in [3.05, 3.63) is 63.6 Å². The van der Waals surface area contributed by atoms with E-state index in [1.165, 1.54) is 42.5 Å². The molecule has 13 heteroatoms. The Morgan fingerprint density at radius 3 is 2.29 bits per heavy atom. The summed E-state index contributed by atoms with van der Waals surface area (Å²) in [6.07, 6.45) is 3.05. The van der Waals surface area contributed by atoms with Crippen molar-refractivity contribution >= 4 is 55.2 Å². The summed E-state index contributed by atoms with van der Waals surface area (Å²) in [5, 5.41) is 18.3. The molecule has 31 heavy (non-hydrogen) atoms. The third-order valence-electron chi connectivity index (χ3n) is 4.16. The molecule has 2 aromatic carbocycles. The lowest BCUT2D eigenvalue weighted by molar-refractivity contribution is -0.130. The molecule has 2 rings (SSSR count). The van der Waals surface area contributed by atoms with E-state index in [2.05, 4.69) is 4.67 Å². The summed E-state index contributed by atoms with van der Waals surface area (Å²) in [6.45, 7) is 0. The first kappa shape index (κ1) is 26.0. The number of halogens is 2. The fourth-order valence-corrected chi connectivity index (χ4v) is 5.04. The lowest BCUT2D eigenvalue weighted by Gasteiger charge is -2.10. The van der Waals surface area contributed by atoms with Crippen molar-refractivity contribution in [3.8, 4) is 0 Å². The normalized spacial score (nSPS) is 14.0. The molecular formula is C18H18Cl2O8P2S+2. The molecular weight excluding hydrogens is 509 g/mol. The van der Waals surface area contributed by atoms with Gasteiger partial charge in [0.2, 0.25) is 9.84 Å². The van der Waals surface area contributed by atoms with Crippen molar-refractivity contribution in [2.75, 3.05) is 6.16 Å². The van der Waals surface area contributed by atoms with Gasteiger partial charge in [0, 0.05) is 14.7 Å². The topological polar surface area (TPSA) is 138 Å². The molecule has 3 unspecified atom stereocenters. The van der Waals surface area contributed by atoms with Crippen LogP contribution >= 0.6 is 39.3 Å². The van der Waals surface area contributed by atoms with Gasteiger partial charge in [0.1, 0.15) is 0 Å². The minimum Gasteiger partial charge on any atom is -0.345 e. The van der Waals surface area contributed by atoms with Gasteiger partial charge >= 0.3 is 21.9 Å². The van der Waals surface area contributed by atoms with Crippen LogP contribution in [0.25, 0.3) is 6.08 Å². The summed E-state index contributed by atoms with van der Waals surface area (Å²) in [4.78, 5) is 8.79. The zero-order chi connectivity index (χ0) is 23.2. The zero-order valence-corrected chi connectivity index (χ0v) is 19.9. The van der Waals surface area contributed by atoms with Crippen LogP contribution < -0.4 is 0 Å². The van der Waals surface area contributed by atoms with Gasteiger partial charge in [0.15, 0.2) is 6.16 Å². The van der Waals surface area contributed by atoms with Gasteiger partial charge in [-0.1, -0.05) is 29.3 Å². The molecule has 0 aliphatic rings. The van der Waals surface area contributed by atoms with E-state index in [1.54, 1.807) is 0 Å². The minimum atomic E-state index is -3.96. The van der Waals surface area contributed by atoms with Crippen molar-refractivity contribution in [2.45, 2.75) is 28.5 Å². The van der Waals surface area contributed by atoms with E-state index >= 15 is 0 Å². The zero-order valence-electron chi connectivity index (χ0n) is 15.8. The average molecular weight is 527 g/mol. The molecule has 0 heterocycles. The van der Waals surface area contributed by atoms with Crippen molar-refractivity contribution in [2.24, 2.45) is 0 Å². The molecule has 8 nitrogen and oxygen atoms in total. The van der Waals surface area contributed by atoms with Crippen LogP contribution in [0.4, 0.5) is 0 Å². The molecule has 0 bridgehead atoms. The predicted molar refractivity (Wildman–Crippen MR) is 118 cm³/mol. The van der Waals surface area contributed by atoms with Gasteiger partial charge in [0.05, 0.1) is 9.79 Å². The van der Waals surface area contributed by atoms with Crippen LogP contribution in [0.2, 0.25) is 10.0 Å². The molecule has 2 aromatic rings. The molecule has 0 amide bonds. The maximum absolute atomic E-state index is 13.1. The van der Waals surface area contributed by atoms with Gasteiger partial charge in [-0.3, -0.25) is 0 Å². The maximum Gasteiger partial charge on any atom is 0.542 e. The van der Waals surface area contributed by atoms with Crippen LogP contribution in [0, 0.1) is 0 Å². The number of sulfone groups is 1. The Hall–Kier alpha value is -1.25. The first-order valence-corrected chi connectivity index (χ1v) is 13.6. The smallest absolute Gasteiger partial charge is 0.345 e. The van der Waals surface area contributed by atoms with Gasteiger partial charge in [-0.2, -0.15) is 4.89 Å². The quantitative estimate of drug-likeness (QED) is 0.222. The molecule has 0 radical (unpaired) electrons. The standard InChI is InChI=1S/C18H16Cl2O8P2S/c19-16-6-4-14(10-12(16)2-1-9-29(23)28-22)31(26,27)15-5-7-17(20)13(11-15)3-8-18(21)30(24)25/h3-8,10-11,18,21H,1-2,9H2/p+2/b8-3-. The molecule has 166 valence electrons. The third-order valence-corrected chi connectivity index (χ3v) is 8.11. The fourth-order valence-electron chi connectivity index (χ4n) is 2.57. The highest BCUT2D eigenvalue weighted by molar-refractivity contribution is 7.91. The fraction of sp³-hybridized carbons (Fsp3) is 0.222. The van der Waals surface area contributed by atoms with E-state index in [4.69, 9.17) is 33.4 Å². The van der Waals surface area contributed by atoms with Crippen LogP contribution in [0.3, 0.4) is 0 Å². The van der Waals surface area contributed by atoms with Gasteiger partial charge in [-0.05, 0) is 75.6 Å². The molecule has 0 aromatic heterocycles. The molecule has 0 aliphatic heterocycles. The number of aliphatic hydroxyl groups is 1. The van der Waals surface area contributed by atoms with Gasteiger partial charge < -0.3 is 5.11 Å². The Morgan fingerprint density at radius 2 is 1.68 bits per heavy atom. The van der Waals surface area contributed by atoms with Crippen molar-refractivity contribution in [3.63, 3.8) is 0 Å². The second-order valence-electron chi connectivity index (χ2n) is 6.26. The Morgan fingerprint density at radius 1 is 1.06 bits per heavy atom. The van der Waals surface area contributed by atoms with Crippen LogP contribution in [-0.4, -0.2) is 35.7 Å². The van der Waals surface area contributed by atoms with Crippen molar-refractivity contribution in [1.82, 2.24) is 0 Å². The van der Waals surface area contributed by atoms with Crippen molar-refractivity contribution < 1.29 is 37.5 Å². The van der Waals surface area contributed by atoms with E-state index < -0.39 is 31.7 Å². The second kappa shape index (κ2) is 11.6. The number of hydrogen-bond donors (Lipinski definition) is 3. The Balaban J connectivity index is 2.35. The Bertz CT molecular complexity index is 1120. The molecule has 0 saturated carbocycles. The highest BCUT2D eigenvalue weighted by atomic mass is 35.5. The lowest BCUT2D eigenvalue weighted by atomic mass is 10.1. The maximum atomic E-state index is 13.1. The van der Waals surface area contributed by atoms with E-state index in [0.29, 0.717) is 23.4 Å². The highest BCUT2D eigenvalue weighted by Crippen LogP contribution is 2.30. The Labute approximate surface area is 190 Å². The summed E-state index contributed by atoms with van der Waals surface area (Å²) in [6, 6.07) is 8.16. The van der Waals surface area contributed by atoms with Crippen LogP contribution in [0.15, 0.2) is 52.3 Å². The largest absolute Gasteiger partial charge is 0.542 e. The number of rotatable bonds is 10. The van der Waals surface area contributed by atoms with E-state index in [0.717, 1.165) is 6.08 Å². The summed E-state index contributed by atoms with van der Waals surface area (Å²) >= 11 is 12.2. The SMILES string of the molecule is O=[P+](CCCc1cc(S(=O)(=O)c2ccc(Cl)c(/C=C\C(O)[P+](=O)O)c2)ccc1Cl)OO. The molecule has 0 spiro atoms. The number of aliphatic hydroxyl groups excluding tert-OH is 1. The van der Waals surface area contributed by atoms with Crippen LogP contribution in [-0.2, 0) is 30.1 Å². The first-order valence-electron chi connectivity index (χ1n) is 8.67. The lowest BCUT2D eigenvalue weighted by Crippen LogP contribution is -2.04.